The number of allylic oxidation sites excluding steroid dienone is 10. The molecule has 1 unspecified atom stereocenters. The van der Waals surface area contributed by atoms with Crippen LogP contribution in [0.5, 0.6) is 0 Å². The summed E-state index contributed by atoms with van der Waals surface area (Å²) in [5, 5.41) is 0. The quantitative estimate of drug-likeness (QED) is 0.0151. The van der Waals surface area contributed by atoms with Crippen molar-refractivity contribution in [2.24, 2.45) is 0 Å². The van der Waals surface area contributed by atoms with Gasteiger partial charge in [-0.3, -0.25) is 14.2 Å². The van der Waals surface area contributed by atoms with E-state index < -0.39 is 32.5 Å². The molecule has 0 radical (unpaired) electrons. The Kier molecular flexibility index (Phi) is 36.7. The van der Waals surface area contributed by atoms with Crippen molar-refractivity contribution < 1.29 is 42.1 Å². The standard InChI is InChI=1S/C46H82NO8P/c1-6-8-10-12-14-16-18-20-22-23-25-26-28-30-32-34-36-38-45(48)52-42-44(43-54-56(50,51)53-41-40-47(3,4)5)55-46(49)39-37-35-33-31-29-27-24-21-19-17-15-13-11-9-7-2/h17,19-22,24-26,30,32,44H,6-16,18,23,27-29,31,33-43H2,1-5H3/b19-17+,22-20+,24-21+,26-25+,32-30+/t44-/m1/s1. The molecule has 0 spiro atoms. The van der Waals surface area contributed by atoms with Crippen molar-refractivity contribution in [1.29, 1.82) is 0 Å². The van der Waals surface area contributed by atoms with Crippen molar-refractivity contribution >= 4 is 19.8 Å². The van der Waals surface area contributed by atoms with E-state index in [0.717, 1.165) is 64.2 Å². The average Bonchev–Trinajstić information content (AvgIpc) is 3.15. The van der Waals surface area contributed by atoms with E-state index in [4.69, 9.17) is 18.5 Å². The molecule has 0 bridgehead atoms. The number of quaternary nitrogens is 1. The predicted octanol–water partition coefficient (Wildman–Crippen LogP) is 11.8. The summed E-state index contributed by atoms with van der Waals surface area (Å²) in [6, 6.07) is 0. The highest BCUT2D eigenvalue weighted by Gasteiger charge is 2.21. The van der Waals surface area contributed by atoms with Crippen LogP contribution in [-0.2, 0) is 32.7 Å². The molecule has 0 aromatic rings. The van der Waals surface area contributed by atoms with Crippen LogP contribution < -0.4 is 4.89 Å². The minimum Gasteiger partial charge on any atom is -0.756 e. The van der Waals surface area contributed by atoms with Gasteiger partial charge >= 0.3 is 11.9 Å². The summed E-state index contributed by atoms with van der Waals surface area (Å²) in [4.78, 5) is 37.5. The van der Waals surface area contributed by atoms with E-state index >= 15 is 0 Å². The zero-order valence-corrected chi connectivity index (χ0v) is 37.2. The van der Waals surface area contributed by atoms with Crippen LogP contribution in [0.4, 0.5) is 0 Å². The Morgan fingerprint density at radius 2 is 1.04 bits per heavy atom. The number of carbonyl (C=O) groups excluding carboxylic acids is 2. The Hall–Kier alpha value is -2.29. The zero-order valence-electron chi connectivity index (χ0n) is 36.3. The van der Waals surface area contributed by atoms with Crippen molar-refractivity contribution in [1.82, 2.24) is 0 Å². The largest absolute Gasteiger partial charge is 0.756 e. The molecular formula is C46H82NO8P. The lowest BCUT2D eigenvalue weighted by molar-refractivity contribution is -0.870. The molecule has 324 valence electrons. The summed E-state index contributed by atoms with van der Waals surface area (Å²) >= 11 is 0. The first kappa shape index (κ1) is 53.7. The Bertz CT molecular complexity index is 1140. The number of phosphoric acid groups is 1. The molecule has 0 rings (SSSR count). The summed E-state index contributed by atoms with van der Waals surface area (Å²) in [6.07, 6.45) is 45.4. The SMILES string of the molecule is CCCCCC/C=C/C=C/CCCCCCCC(=O)O[C@H](COC(=O)CCC/C=C/C/C=C/C/C=C/CCCCCCCC)COP(=O)([O-])OCC[N+](C)(C)C. The minimum atomic E-state index is -4.64. The summed E-state index contributed by atoms with van der Waals surface area (Å²) in [7, 11) is 1.12. The van der Waals surface area contributed by atoms with E-state index in [0.29, 0.717) is 23.9 Å². The molecule has 9 nitrogen and oxygen atoms in total. The second-order valence-corrected chi connectivity index (χ2v) is 17.1. The van der Waals surface area contributed by atoms with Crippen molar-refractivity contribution in [3.05, 3.63) is 60.8 Å². The Balaban J connectivity index is 4.48. The summed E-state index contributed by atoms with van der Waals surface area (Å²) in [5.74, 6) is -0.918. The number of esters is 2. The van der Waals surface area contributed by atoms with Crippen LogP contribution in [0.25, 0.3) is 0 Å². The maximum absolute atomic E-state index is 12.7. The first-order valence-corrected chi connectivity index (χ1v) is 23.5. The van der Waals surface area contributed by atoms with Gasteiger partial charge < -0.3 is 27.9 Å². The molecule has 0 saturated heterocycles. The number of hydrogen-bond acceptors (Lipinski definition) is 8. The van der Waals surface area contributed by atoms with Gasteiger partial charge in [0.1, 0.15) is 19.8 Å². The average molecular weight is 808 g/mol. The lowest BCUT2D eigenvalue weighted by atomic mass is 10.1. The molecule has 0 aromatic heterocycles. The number of unbranched alkanes of at least 4 members (excludes halogenated alkanes) is 16. The third-order valence-corrected chi connectivity index (χ3v) is 10.0. The maximum atomic E-state index is 12.7. The normalized spacial score (nSPS) is 14.2. The molecule has 0 heterocycles. The molecule has 0 amide bonds. The van der Waals surface area contributed by atoms with Crippen LogP contribution in [0.15, 0.2) is 60.8 Å². The topological polar surface area (TPSA) is 111 Å². The number of hydrogen-bond donors (Lipinski definition) is 0. The summed E-state index contributed by atoms with van der Waals surface area (Å²) < 4.78 is 33.8. The molecule has 0 aliphatic rings. The van der Waals surface area contributed by atoms with Gasteiger partial charge in [-0.1, -0.05) is 145 Å². The number of rotatable bonds is 39. The molecule has 0 aliphatic heterocycles. The number of nitrogens with zero attached hydrogens (tertiary/aromatic N) is 1. The molecule has 0 fully saturated rings. The summed E-state index contributed by atoms with van der Waals surface area (Å²) in [5.41, 5.74) is 0. The van der Waals surface area contributed by atoms with E-state index in [1.54, 1.807) is 0 Å². The highest BCUT2D eigenvalue weighted by molar-refractivity contribution is 7.45. The van der Waals surface area contributed by atoms with Gasteiger partial charge in [0.2, 0.25) is 0 Å². The van der Waals surface area contributed by atoms with Crippen molar-refractivity contribution in [2.45, 2.75) is 174 Å². The number of phosphoric ester groups is 1. The third kappa shape index (κ3) is 41.3. The monoisotopic (exact) mass is 808 g/mol. The fourth-order valence-corrected chi connectivity index (χ4v) is 6.27. The molecule has 56 heavy (non-hydrogen) atoms. The number of likely N-dealkylation sites (N-methyl/N-ethyl adjacent to an activating group) is 1. The first-order chi connectivity index (χ1) is 27.0. The lowest BCUT2D eigenvalue weighted by Crippen LogP contribution is -2.37. The zero-order chi connectivity index (χ0) is 41.4. The van der Waals surface area contributed by atoms with Crippen LogP contribution in [0, 0.1) is 0 Å². The third-order valence-electron chi connectivity index (χ3n) is 9.04. The van der Waals surface area contributed by atoms with E-state index in [1.165, 1.54) is 64.2 Å². The second kappa shape index (κ2) is 38.2. The van der Waals surface area contributed by atoms with Gasteiger partial charge in [-0.15, -0.1) is 0 Å². The van der Waals surface area contributed by atoms with Crippen LogP contribution in [-0.4, -0.2) is 70.0 Å². The lowest BCUT2D eigenvalue weighted by Gasteiger charge is -2.28. The van der Waals surface area contributed by atoms with Crippen LogP contribution in [0.3, 0.4) is 0 Å². The second-order valence-electron chi connectivity index (χ2n) is 15.7. The molecule has 0 N–H and O–H groups in total. The molecule has 0 saturated carbocycles. The van der Waals surface area contributed by atoms with Gasteiger partial charge in [0.05, 0.1) is 27.7 Å². The fraction of sp³-hybridized carbons (Fsp3) is 0.739. The first-order valence-electron chi connectivity index (χ1n) is 22.0. The fourth-order valence-electron chi connectivity index (χ4n) is 5.54. The van der Waals surface area contributed by atoms with Crippen LogP contribution >= 0.6 is 7.82 Å². The molecule has 0 aliphatic carbocycles. The molecule has 10 heteroatoms. The van der Waals surface area contributed by atoms with Gasteiger partial charge in [0.15, 0.2) is 6.10 Å². The van der Waals surface area contributed by atoms with Crippen LogP contribution in [0.2, 0.25) is 0 Å². The smallest absolute Gasteiger partial charge is 0.306 e. The van der Waals surface area contributed by atoms with E-state index in [9.17, 15) is 19.0 Å². The van der Waals surface area contributed by atoms with Crippen molar-refractivity contribution in [2.75, 3.05) is 47.5 Å². The maximum Gasteiger partial charge on any atom is 0.306 e. The Labute approximate surface area is 343 Å². The highest BCUT2D eigenvalue weighted by Crippen LogP contribution is 2.38. The van der Waals surface area contributed by atoms with E-state index in [2.05, 4.69) is 74.6 Å². The molecular weight excluding hydrogens is 725 g/mol. The van der Waals surface area contributed by atoms with Gasteiger partial charge in [-0.25, -0.2) is 0 Å². The van der Waals surface area contributed by atoms with Crippen molar-refractivity contribution in [3.63, 3.8) is 0 Å². The van der Waals surface area contributed by atoms with Gasteiger partial charge in [0.25, 0.3) is 7.82 Å². The molecule has 0 aromatic carbocycles. The van der Waals surface area contributed by atoms with E-state index in [-0.39, 0.29) is 26.1 Å². The van der Waals surface area contributed by atoms with Gasteiger partial charge in [-0.2, -0.15) is 0 Å². The predicted molar refractivity (Wildman–Crippen MR) is 231 cm³/mol. The van der Waals surface area contributed by atoms with Crippen molar-refractivity contribution in [3.8, 4) is 0 Å². The van der Waals surface area contributed by atoms with E-state index in [1.807, 2.05) is 21.1 Å². The highest BCUT2D eigenvalue weighted by atomic mass is 31.2. The van der Waals surface area contributed by atoms with Gasteiger partial charge in [0, 0.05) is 12.8 Å². The molecule has 2 atom stereocenters. The van der Waals surface area contributed by atoms with Gasteiger partial charge in [-0.05, 0) is 70.6 Å². The van der Waals surface area contributed by atoms with Crippen LogP contribution in [0.1, 0.15) is 168 Å². The Morgan fingerprint density at radius 3 is 1.61 bits per heavy atom. The minimum absolute atomic E-state index is 0.0440. The Morgan fingerprint density at radius 1 is 0.571 bits per heavy atom. The summed E-state index contributed by atoms with van der Waals surface area (Å²) in [6.45, 7) is 4.11. The number of carbonyl (C=O) groups is 2. The number of ether oxygens (including phenoxy) is 2.